The Hall–Kier alpha value is -1.63. The summed E-state index contributed by atoms with van der Waals surface area (Å²) in [5.74, 6) is -4.99. The lowest BCUT2D eigenvalue weighted by Crippen LogP contribution is -2.64. The number of carboxylic acids is 3. The quantitative estimate of drug-likeness (QED) is 0.449. The third-order valence-corrected chi connectivity index (χ3v) is 3.00. The van der Waals surface area contributed by atoms with E-state index in [0.29, 0.717) is 0 Å². The number of hydrogen-bond acceptors (Lipinski definition) is 4. The van der Waals surface area contributed by atoms with Gasteiger partial charge in [0.15, 0.2) is 5.41 Å². The summed E-state index contributed by atoms with van der Waals surface area (Å²) in [5.41, 5.74) is 0.772. The lowest BCUT2D eigenvalue weighted by Gasteiger charge is -2.32. The Labute approximate surface area is 84.5 Å². The molecule has 0 aromatic heterocycles. The molecule has 1 aliphatic rings. The van der Waals surface area contributed by atoms with Gasteiger partial charge in [-0.3, -0.25) is 14.4 Å². The van der Waals surface area contributed by atoms with E-state index < -0.39 is 28.9 Å². The maximum absolute atomic E-state index is 11.0. The van der Waals surface area contributed by atoms with Crippen LogP contribution in [-0.2, 0) is 14.4 Å². The number of carbonyl (C=O) groups is 3. The fourth-order valence-electron chi connectivity index (χ4n) is 2.05. The highest BCUT2D eigenvalue weighted by molar-refractivity contribution is 6.06. The van der Waals surface area contributed by atoms with Gasteiger partial charge in [0, 0.05) is 0 Å². The van der Waals surface area contributed by atoms with Gasteiger partial charge in [0.1, 0.15) is 5.54 Å². The Kier molecular flexibility index (Phi) is 2.44. The molecule has 7 nitrogen and oxygen atoms in total. The molecule has 1 saturated carbocycles. The predicted octanol–water partition coefficient (Wildman–Crippen LogP) is -0.892. The molecular weight excluding hydrogens is 206 g/mol. The van der Waals surface area contributed by atoms with Crippen LogP contribution >= 0.6 is 0 Å². The number of hydrogen-bond donors (Lipinski definition) is 4. The van der Waals surface area contributed by atoms with Gasteiger partial charge in [-0.05, 0) is 19.3 Å². The van der Waals surface area contributed by atoms with Crippen LogP contribution in [0.25, 0.3) is 0 Å². The molecule has 0 saturated heterocycles. The van der Waals surface area contributed by atoms with Crippen LogP contribution in [0.5, 0.6) is 0 Å². The normalized spacial score (nSPS) is 28.6. The highest BCUT2D eigenvalue weighted by Crippen LogP contribution is 2.45. The Morgan fingerprint density at radius 3 is 1.67 bits per heavy atom. The average molecular weight is 217 g/mol. The van der Waals surface area contributed by atoms with E-state index in [-0.39, 0.29) is 19.3 Å². The number of rotatable bonds is 3. The molecule has 5 N–H and O–H groups in total. The summed E-state index contributed by atoms with van der Waals surface area (Å²) in [5, 5.41) is 26.6. The standard InChI is InChI=1S/C8H11NO6/c9-8(6(14)15)3-1-2-7(8,4(10)11)5(12)13/h1-3,9H2,(H,10,11)(H,12,13)(H,14,15). The topological polar surface area (TPSA) is 138 Å². The molecule has 0 aromatic carbocycles. The van der Waals surface area contributed by atoms with E-state index in [9.17, 15) is 14.4 Å². The zero-order valence-electron chi connectivity index (χ0n) is 7.77. The molecule has 15 heavy (non-hydrogen) atoms. The van der Waals surface area contributed by atoms with Gasteiger partial charge >= 0.3 is 17.9 Å². The Bertz CT molecular complexity index is 324. The van der Waals surface area contributed by atoms with Crippen LogP contribution in [0.15, 0.2) is 0 Å². The summed E-state index contributed by atoms with van der Waals surface area (Å²) >= 11 is 0. The van der Waals surface area contributed by atoms with Gasteiger partial charge in [-0.1, -0.05) is 0 Å². The fraction of sp³-hybridized carbons (Fsp3) is 0.625. The molecule has 0 spiro atoms. The molecule has 0 radical (unpaired) electrons. The number of aliphatic carboxylic acids is 3. The van der Waals surface area contributed by atoms with Crippen LogP contribution < -0.4 is 5.73 Å². The van der Waals surface area contributed by atoms with Crippen LogP contribution in [0.3, 0.4) is 0 Å². The fourth-order valence-corrected chi connectivity index (χ4v) is 2.05. The van der Waals surface area contributed by atoms with Gasteiger partial charge in [0.05, 0.1) is 0 Å². The van der Waals surface area contributed by atoms with Crippen LogP contribution in [0, 0.1) is 5.41 Å². The molecule has 1 atom stereocenters. The summed E-state index contributed by atoms with van der Waals surface area (Å²) < 4.78 is 0. The Morgan fingerprint density at radius 1 is 0.933 bits per heavy atom. The van der Waals surface area contributed by atoms with Crippen LogP contribution in [0.4, 0.5) is 0 Å². The van der Waals surface area contributed by atoms with E-state index in [1.807, 2.05) is 0 Å². The van der Waals surface area contributed by atoms with Gasteiger partial charge in [0.2, 0.25) is 0 Å². The van der Waals surface area contributed by atoms with Crippen molar-refractivity contribution < 1.29 is 29.7 Å². The van der Waals surface area contributed by atoms with Crippen molar-refractivity contribution in [3.05, 3.63) is 0 Å². The minimum absolute atomic E-state index is 0.152. The SMILES string of the molecule is NC1(C(=O)O)CCCC1(C(=O)O)C(=O)O. The zero-order chi connectivity index (χ0) is 11.9. The van der Waals surface area contributed by atoms with Crippen LogP contribution in [0.2, 0.25) is 0 Å². The zero-order valence-corrected chi connectivity index (χ0v) is 7.77. The molecule has 0 amide bonds. The van der Waals surface area contributed by atoms with Crippen molar-refractivity contribution in [1.82, 2.24) is 0 Å². The highest BCUT2D eigenvalue weighted by atomic mass is 16.4. The average Bonchev–Trinajstić information content (AvgIpc) is 2.44. The summed E-state index contributed by atoms with van der Waals surface area (Å²) in [6.45, 7) is 0. The van der Waals surface area contributed by atoms with Crippen LogP contribution in [0.1, 0.15) is 19.3 Å². The smallest absolute Gasteiger partial charge is 0.325 e. The predicted molar refractivity (Wildman–Crippen MR) is 46.1 cm³/mol. The minimum atomic E-state index is -2.42. The Morgan fingerprint density at radius 2 is 1.40 bits per heavy atom. The van der Waals surface area contributed by atoms with E-state index in [4.69, 9.17) is 21.1 Å². The molecule has 1 rings (SSSR count). The molecule has 7 heteroatoms. The monoisotopic (exact) mass is 217 g/mol. The van der Waals surface area contributed by atoms with Crippen molar-refractivity contribution in [2.75, 3.05) is 0 Å². The molecule has 0 bridgehead atoms. The molecule has 1 unspecified atom stereocenters. The summed E-state index contributed by atoms with van der Waals surface area (Å²) in [7, 11) is 0. The molecular formula is C8H11NO6. The second-order valence-corrected chi connectivity index (χ2v) is 3.65. The van der Waals surface area contributed by atoms with Gasteiger partial charge in [-0.25, -0.2) is 0 Å². The maximum Gasteiger partial charge on any atom is 0.325 e. The molecule has 0 aromatic rings. The van der Waals surface area contributed by atoms with E-state index in [1.54, 1.807) is 0 Å². The van der Waals surface area contributed by atoms with Gasteiger partial charge < -0.3 is 21.1 Å². The van der Waals surface area contributed by atoms with Gasteiger partial charge in [0.25, 0.3) is 0 Å². The van der Waals surface area contributed by atoms with Gasteiger partial charge in [-0.15, -0.1) is 0 Å². The third kappa shape index (κ3) is 1.19. The molecule has 1 aliphatic carbocycles. The summed E-state index contributed by atoms with van der Waals surface area (Å²) in [6, 6.07) is 0. The van der Waals surface area contributed by atoms with Crippen LogP contribution in [-0.4, -0.2) is 38.8 Å². The van der Waals surface area contributed by atoms with Crippen molar-refractivity contribution in [2.24, 2.45) is 11.1 Å². The summed E-state index contributed by atoms with van der Waals surface area (Å²) in [6.07, 6.45) is -0.247. The molecule has 84 valence electrons. The summed E-state index contributed by atoms with van der Waals surface area (Å²) in [4.78, 5) is 32.8. The van der Waals surface area contributed by atoms with Crippen molar-refractivity contribution in [3.8, 4) is 0 Å². The first kappa shape index (κ1) is 11.4. The first-order chi connectivity index (χ1) is 6.79. The van der Waals surface area contributed by atoms with E-state index in [2.05, 4.69) is 0 Å². The van der Waals surface area contributed by atoms with Gasteiger partial charge in [-0.2, -0.15) is 0 Å². The van der Waals surface area contributed by atoms with E-state index >= 15 is 0 Å². The minimum Gasteiger partial charge on any atom is -0.480 e. The number of carboxylic acid groups (broad SMARTS) is 3. The molecule has 0 aliphatic heterocycles. The second kappa shape index (κ2) is 3.20. The van der Waals surface area contributed by atoms with Crippen molar-refractivity contribution in [2.45, 2.75) is 24.8 Å². The van der Waals surface area contributed by atoms with Crippen molar-refractivity contribution in [1.29, 1.82) is 0 Å². The Balaban J connectivity index is 3.35. The van der Waals surface area contributed by atoms with E-state index in [0.717, 1.165) is 0 Å². The first-order valence-corrected chi connectivity index (χ1v) is 4.28. The second-order valence-electron chi connectivity index (χ2n) is 3.65. The van der Waals surface area contributed by atoms with Crippen molar-refractivity contribution in [3.63, 3.8) is 0 Å². The third-order valence-electron chi connectivity index (χ3n) is 3.00. The number of nitrogens with two attached hydrogens (primary N) is 1. The highest BCUT2D eigenvalue weighted by Gasteiger charge is 2.67. The molecule has 1 fully saturated rings. The first-order valence-electron chi connectivity index (χ1n) is 4.28. The lowest BCUT2D eigenvalue weighted by atomic mass is 9.72. The van der Waals surface area contributed by atoms with Crippen molar-refractivity contribution >= 4 is 17.9 Å². The van der Waals surface area contributed by atoms with E-state index in [1.165, 1.54) is 0 Å². The lowest BCUT2D eigenvalue weighted by molar-refractivity contribution is -0.175. The maximum atomic E-state index is 11.0. The largest absolute Gasteiger partial charge is 0.480 e. The molecule has 0 heterocycles.